The molecule has 0 saturated heterocycles. The fourth-order valence-electron chi connectivity index (χ4n) is 2.12. The lowest BCUT2D eigenvalue weighted by molar-refractivity contribution is 0.129. The molecule has 1 aliphatic rings. The highest BCUT2D eigenvalue weighted by molar-refractivity contribution is 5.69. The van der Waals surface area contributed by atoms with Crippen LogP contribution in [-0.4, -0.2) is 37.5 Å². The van der Waals surface area contributed by atoms with Crippen molar-refractivity contribution in [2.45, 2.75) is 51.6 Å². The summed E-state index contributed by atoms with van der Waals surface area (Å²) in [4.78, 5) is 22.8. The molecule has 104 valence electrons. The molecule has 2 unspecified atom stereocenters. The van der Waals surface area contributed by atoms with Gasteiger partial charge in [0.15, 0.2) is 0 Å². The molecule has 6 nitrogen and oxygen atoms in total. The minimum absolute atomic E-state index is 0.0813. The van der Waals surface area contributed by atoms with Crippen molar-refractivity contribution in [2.24, 2.45) is 0 Å². The van der Waals surface area contributed by atoms with E-state index in [2.05, 4.69) is 10.6 Å². The van der Waals surface area contributed by atoms with Crippen LogP contribution in [0.3, 0.4) is 0 Å². The predicted octanol–water partition coefficient (Wildman–Crippen LogP) is 1.79. The van der Waals surface area contributed by atoms with Gasteiger partial charge in [0.25, 0.3) is 0 Å². The van der Waals surface area contributed by atoms with Gasteiger partial charge in [-0.1, -0.05) is 12.8 Å². The molecule has 0 bridgehead atoms. The van der Waals surface area contributed by atoms with Gasteiger partial charge < -0.3 is 20.1 Å². The van der Waals surface area contributed by atoms with E-state index < -0.39 is 12.2 Å². The number of ether oxygens (including phenoxy) is 2. The highest BCUT2D eigenvalue weighted by Crippen LogP contribution is 2.18. The molecule has 2 N–H and O–H groups in total. The summed E-state index contributed by atoms with van der Waals surface area (Å²) >= 11 is 0. The largest absolute Gasteiger partial charge is 0.450 e. The smallest absolute Gasteiger partial charge is 0.407 e. The average molecular weight is 258 g/mol. The second-order valence-corrected chi connectivity index (χ2v) is 4.23. The van der Waals surface area contributed by atoms with Gasteiger partial charge in [0.2, 0.25) is 0 Å². The molecule has 2 atom stereocenters. The van der Waals surface area contributed by atoms with Gasteiger partial charge in [0, 0.05) is 0 Å². The standard InChI is InChI=1S/C12H22N2O4/c1-3-17-11(15)13-9-7-5-6-8-10(9)14-12(16)18-4-2/h9-10H,3-8H2,1-2H3,(H,13,15)(H,14,16). The van der Waals surface area contributed by atoms with Crippen LogP contribution in [0.4, 0.5) is 9.59 Å². The number of hydrogen-bond acceptors (Lipinski definition) is 4. The normalized spacial score (nSPS) is 23.0. The summed E-state index contributed by atoms with van der Waals surface area (Å²) < 4.78 is 9.70. The fourth-order valence-corrected chi connectivity index (χ4v) is 2.12. The lowest BCUT2D eigenvalue weighted by atomic mass is 9.90. The Morgan fingerprint density at radius 1 is 0.944 bits per heavy atom. The lowest BCUT2D eigenvalue weighted by Gasteiger charge is -2.32. The average Bonchev–Trinajstić information content (AvgIpc) is 2.32. The van der Waals surface area contributed by atoms with Gasteiger partial charge in [-0.3, -0.25) is 0 Å². The zero-order valence-corrected chi connectivity index (χ0v) is 11.0. The zero-order valence-electron chi connectivity index (χ0n) is 11.0. The van der Waals surface area contributed by atoms with Crippen LogP contribution in [0.15, 0.2) is 0 Å². The minimum atomic E-state index is -0.431. The first-order valence-electron chi connectivity index (χ1n) is 6.54. The fraction of sp³-hybridized carbons (Fsp3) is 0.833. The molecule has 0 aromatic heterocycles. The molecule has 18 heavy (non-hydrogen) atoms. The number of nitrogens with one attached hydrogen (secondary N) is 2. The van der Waals surface area contributed by atoms with Crippen molar-refractivity contribution in [2.75, 3.05) is 13.2 Å². The van der Waals surface area contributed by atoms with Crippen LogP contribution in [0.5, 0.6) is 0 Å². The molecule has 6 heteroatoms. The Bertz CT molecular complexity index is 255. The van der Waals surface area contributed by atoms with E-state index in [1.807, 2.05) is 0 Å². The van der Waals surface area contributed by atoms with Gasteiger partial charge in [0.05, 0.1) is 25.3 Å². The summed E-state index contributed by atoms with van der Waals surface area (Å²) in [6, 6.07) is -0.163. The molecule has 0 radical (unpaired) electrons. The van der Waals surface area contributed by atoms with Crippen LogP contribution in [0.1, 0.15) is 39.5 Å². The Kier molecular flexibility index (Phi) is 6.32. The second-order valence-electron chi connectivity index (χ2n) is 4.23. The van der Waals surface area contributed by atoms with E-state index in [1.165, 1.54) is 0 Å². The highest BCUT2D eigenvalue weighted by atomic mass is 16.6. The Morgan fingerprint density at radius 3 is 1.67 bits per heavy atom. The van der Waals surface area contributed by atoms with Crippen LogP contribution in [0.25, 0.3) is 0 Å². The third-order valence-corrected chi connectivity index (χ3v) is 2.92. The van der Waals surface area contributed by atoms with Crippen molar-refractivity contribution in [1.29, 1.82) is 0 Å². The molecular weight excluding hydrogens is 236 g/mol. The van der Waals surface area contributed by atoms with E-state index in [0.717, 1.165) is 25.7 Å². The monoisotopic (exact) mass is 258 g/mol. The number of carbonyl (C=O) groups is 2. The molecule has 2 amide bonds. The van der Waals surface area contributed by atoms with Crippen LogP contribution in [0.2, 0.25) is 0 Å². The maximum Gasteiger partial charge on any atom is 0.407 e. The SMILES string of the molecule is CCOC(=O)NC1CCCCC1NC(=O)OCC. The number of hydrogen-bond donors (Lipinski definition) is 2. The topological polar surface area (TPSA) is 76.7 Å². The van der Waals surface area contributed by atoms with E-state index >= 15 is 0 Å². The molecule has 0 aromatic rings. The second kappa shape index (κ2) is 7.79. The van der Waals surface area contributed by atoms with Crippen molar-refractivity contribution in [3.63, 3.8) is 0 Å². The Hall–Kier alpha value is -1.46. The van der Waals surface area contributed by atoms with Gasteiger partial charge in [0.1, 0.15) is 0 Å². The molecule has 1 saturated carbocycles. The zero-order chi connectivity index (χ0) is 13.4. The van der Waals surface area contributed by atoms with Gasteiger partial charge in [-0.15, -0.1) is 0 Å². The quantitative estimate of drug-likeness (QED) is 0.806. The van der Waals surface area contributed by atoms with Crippen LogP contribution in [-0.2, 0) is 9.47 Å². The number of carbonyl (C=O) groups excluding carboxylic acids is 2. The Labute approximate surface area is 107 Å². The van der Waals surface area contributed by atoms with Crippen molar-refractivity contribution in [1.82, 2.24) is 10.6 Å². The van der Waals surface area contributed by atoms with Gasteiger partial charge >= 0.3 is 12.2 Å². The van der Waals surface area contributed by atoms with Gasteiger partial charge in [-0.05, 0) is 26.7 Å². The van der Waals surface area contributed by atoms with E-state index in [1.54, 1.807) is 13.8 Å². The van der Waals surface area contributed by atoms with Crippen LogP contribution < -0.4 is 10.6 Å². The molecule has 0 spiro atoms. The summed E-state index contributed by atoms with van der Waals surface area (Å²) in [6.45, 7) is 4.20. The number of rotatable bonds is 4. The first-order valence-corrected chi connectivity index (χ1v) is 6.54. The van der Waals surface area contributed by atoms with Crippen LogP contribution in [0, 0.1) is 0 Å². The minimum Gasteiger partial charge on any atom is -0.450 e. The van der Waals surface area contributed by atoms with Gasteiger partial charge in [-0.2, -0.15) is 0 Å². The number of alkyl carbamates (subject to hydrolysis) is 2. The molecule has 1 fully saturated rings. The molecule has 1 rings (SSSR count). The molecule has 0 heterocycles. The van der Waals surface area contributed by atoms with E-state index in [-0.39, 0.29) is 12.1 Å². The highest BCUT2D eigenvalue weighted by Gasteiger charge is 2.28. The van der Waals surface area contributed by atoms with E-state index in [9.17, 15) is 9.59 Å². The molecular formula is C12H22N2O4. The maximum absolute atomic E-state index is 11.4. The van der Waals surface area contributed by atoms with E-state index in [0.29, 0.717) is 13.2 Å². The maximum atomic E-state index is 11.4. The summed E-state index contributed by atoms with van der Waals surface area (Å²) in [5.41, 5.74) is 0. The predicted molar refractivity (Wildman–Crippen MR) is 66.4 cm³/mol. The lowest BCUT2D eigenvalue weighted by Crippen LogP contribution is -2.53. The molecule has 0 aliphatic heterocycles. The van der Waals surface area contributed by atoms with Crippen molar-refractivity contribution < 1.29 is 19.1 Å². The third-order valence-electron chi connectivity index (χ3n) is 2.92. The summed E-state index contributed by atoms with van der Waals surface area (Å²) in [5, 5.41) is 5.57. The first kappa shape index (κ1) is 14.6. The Morgan fingerprint density at radius 2 is 1.33 bits per heavy atom. The van der Waals surface area contributed by atoms with Crippen molar-refractivity contribution in [3.05, 3.63) is 0 Å². The van der Waals surface area contributed by atoms with E-state index in [4.69, 9.17) is 9.47 Å². The van der Waals surface area contributed by atoms with Crippen molar-refractivity contribution in [3.8, 4) is 0 Å². The van der Waals surface area contributed by atoms with Gasteiger partial charge in [-0.25, -0.2) is 9.59 Å². The number of amides is 2. The summed E-state index contributed by atoms with van der Waals surface area (Å²) in [5.74, 6) is 0. The Balaban J connectivity index is 2.46. The first-order chi connectivity index (χ1) is 8.67. The summed E-state index contributed by atoms with van der Waals surface area (Å²) in [6.07, 6.45) is 2.90. The third kappa shape index (κ3) is 4.81. The van der Waals surface area contributed by atoms with Crippen LogP contribution >= 0.6 is 0 Å². The molecule has 1 aliphatic carbocycles. The summed E-state index contributed by atoms with van der Waals surface area (Å²) in [7, 11) is 0. The molecule has 0 aromatic carbocycles. The van der Waals surface area contributed by atoms with Crippen molar-refractivity contribution >= 4 is 12.2 Å².